The maximum atomic E-state index is 11.1. The minimum atomic E-state index is 0.388. The predicted molar refractivity (Wildman–Crippen MR) is 97.5 cm³/mol. The molecule has 130 valence electrons. The fourth-order valence-electron chi connectivity index (χ4n) is 2.85. The Bertz CT molecular complexity index is 1050. The molecule has 5 nitrogen and oxygen atoms in total. The van der Waals surface area contributed by atoms with Gasteiger partial charge >= 0.3 is 0 Å². The van der Waals surface area contributed by atoms with E-state index < -0.39 is 0 Å². The van der Waals surface area contributed by atoms with Gasteiger partial charge < -0.3 is 13.6 Å². The Morgan fingerprint density at radius 2 is 1.92 bits per heavy atom. The van der Waals surface area contributed by atoms with Crippen LogP contribution in [0.25, 0.3) is 22.4 Å². The van der Waals surface area contributed by atoms with Gasteiger partial charge in [-0.2, -0.15) is 0 Å². The van der Waals surface area contributed by atoms with E-state index in [2.05, 4.69) is 4.98 Å². The number of oxazole rings is 1. The highest BCUT2D eigenvalue weighted by Gasteiger charge is 2.12. The fourth-order valence-corrected chi connectivity index (χ4v) is 2.85. The highest BCUT2D eigenvalue weighted by molar-refractivity contribution is 5.96. The van der Waals surface area contributed by atoms with Crippen LogP contribution in [0.1, 0.15) is 21.8 Å². The number of nitrogens with zero attached hydrogens (tertiary/aromatic N) is 1. The van der Waals surface area contributed by atoms with Crippen molar-refractivity contribution in [2.45, 2.75) is 13.3 Å². The summed E-state index contributed by atoms with van der Waals surface area (Å²) in [5, 5.41) is 0.751. The molecule has 0 amide bonds. The molecule has 0 saturated carbocycles. The molecule has 2 aromatic carbocycles. The van der Waals surface area contributed by atoms with Crippen LogP contribution in [-0.4, -0.2) is 17.9 Å². The molecule has 0 bridgehead atoms. The summed E-state index contributed by atoms with van der Waals surface area (Å²) in [4.78, 5) is 15.6. The van der Waals surface area contributed by atoms with Gasteiger partial charge in [-0.05, 0) is 25.1 Å². The Balaban J connectivity index is 1.45. The normalized spacial score (nSPS) is 11.0. The monoisotopic (exact) mass is 347 g/mol. The van der Waals surface area contributed by atoms with Crippen LogP contribution in [0.4, 0.5) is 0 Å². The first-order chi connectivity index (χ1) is 12.7. The Kier molecular flexibility index (Phi) is 4.27. The topological polar surface area (TPSA) is 65.5 Å². The summed E-state index contributed by atoms with van der Waals surface area (Å²) >= 11 is 0. The van der Waals surface area contributed by atoms with Crippen LogP contribution in [0.3, 0.4) is 0 Å². The number of carbonyl (C=O) groups is 1. The van der Waals surface area contributed by atoms with Crippen LogP contribution in [0.15, 0.2) is 63.4 Å². The molecule has 5 heteroatoms. The zero-order valence-electron chi connectivity index (χ0n) is 14.3. The number of benzene rings is 2. The maximum absolute atomic E-state index is 11.1. The van der Waals surface area contributed by atoms with Gasteiger partial charge in [-0.1, -0.05) is 30.3 Å². The second-order valence-electron chi connectivity index (χ2n) is 5.93. The molecule has 0 aliphatic rings. The third-order valence-electron chi connectivity index (χ3n) is 4.20. The minimum absolute atomic E-state index is 0.388. The fraction of sp³-hybridized carbons (Fsp3) is 0.143. The van der Waals surface area contributed by atoms with Crippen molar-refractivity contribution in [3.8, 4) is 17.4 Å². The Morgan fingerprint density at radius 3 is 2.73 bits per heavy atom. The second kappa shape index (κ2) is 6.88. The van der Waals surface area contributed by atoms with Crippen LogP contribution in [0.5, 0.6) is 5.95 Å². The lowest BCUT2D eigenvalue weighted by molar-refractivity contribution is 0.112. The summed E-state index contributed by atoms with van der Waals surface area (Å²) in [6, 6.07) is 16.9. The third-order valence-corrected chi connectivity index (χ3v) is 4.20. The van der Waals surface area contributed by atoms with Gasteiger partial charge in [0.15, 0.2) is 6.29 Å². The van der Waals surface area contributed by atoms with Crippen LogP contribution in [-0.2, 0) is 6.42 Å². The average Bonchev–Trinajstić information content (AvgIpc) is 3.25. The molecule has 4 aromatic rings. The van der Waals surface area contributed by atoms with Crippen LogP contribution in [0, 0.1) is 6.92 Å². The number of aldehydes is 1. The molecular weight excluding hydrogens is 330 g/mol. The van der Waals surface area contributed by atoms with Crippen molar-refractivity contribution in [3.63, 3.8) is 0 Å². The van der Waals surface area contributed by atoms with E-state index >= 15 is 0 Å². The van der Waals surface area contributed by atoms with E-state index in [1.54, 1.807) is 18.2 Å². The number of fused-ring (bicyclic) bond motifs is 1. The third kappa shape index (κ3) is 3.11. The lowest BCUT2D eigenvalue weighted by Gasteiger charge is -2.00. The molecule has 0 fully saturated rings. The zero-order valence-corrected chi connectivity index (χ0v) is 14.3. The van der Waals surface area contributed by atoms with Crippen molar-refractivity contribution in [2.75, 3.05) is 6.61 Å². The number of hydrogen-bond acceptors (Lipinski definition) is 5. The minimum Gasteiger partial charge on any atom is -0.465 e. The molecule has 2 aromatic heterocycles. The number of aromatic nitrogens is 1. The summed E-state index contributed by atoms with van der Waals surface area (Å²) in [6.45, 7) is 2.30. The summed E-state index contributed by atoms with van der Waals surface area (Å²) in [5.74, 6) is 1.77. The van der Waals surface area contributed by atoms with Crippen molar-refractivity contribution in [1.82, 2.24) is 4.98 Å². The predicted octanol–water partition coefficient (Wildman–Crippen LogP) is 4.83. The van der Waals surface area contributed by atoms with E-state index in [4.69, 9.17) is 13.6 Å². The van der Waals surface area contributed by atoms with Crippen LogP contribution < -0.4 is 4.74 Å². The molecule has 0 saturated heterocycles. The number of furan rings is 1. The summed E-state index contributed by atoms with van der Waals surface area (Å²) < 4.78 is 17.1. The van der Waals surface area contributed by atoms with Crippen molar-refractivity contribution in [3.05, 3.63) is 71.6 Å². The molecule has 0 radical (unpaired) electrons. The Labute approximate surface area is 150 Å². The van der Waals surface area contributed by atoms with E-state index in [1.807, 2.05) is 43.3 Å². The highest BCUT2D eigenvalue weighted by atomic mass is 16.6. The molecule has 0 atom stereocenters. The van der Waals surface area contributed by atoms with E-state index in [1.165, 1.54) is 0 Å². The van der Waals surface area contributed by atoms with Gasteiger partial charge in [-0.25, -0.2) is 4.98 Å². The van der Waals surface area contributed by atoms with Crippen LogP contribution in [0.2, 0.25) is 0 Å². The van der Waals surface area contributed by atoms with Gasteiger partial charge in [0.1, 0.15) is 11.3 Å². The number of carbonyl (C=O) groups excluding carboxylic acids is 1. The zero-order chi connectivity index (χ0) is 17.9. The molecular formula is C21H17NO4. The van der Waals surface area contributed by atoms with E-state index in [0.717, 1.165) is 28.7 Å². The first-order valence-electron chi connectivity index (χ1n) is 8.37. The molecule has 0 unspecified atom stereocenters. The Hall–Kier alpha value is -3.34. The maximum Gasteiger partial charge on any atom is 0.285 e. The Morgan fingerprint density at radius 1 is 1.08 bits per heavy atom. The number of rotatable bonds is 6. The standard InChI is InChI=1S/C21H17NO4/c1-14-18(22-21(25-14)15-6-3-2-4-7-15)10-11-24-20-12-17-16(13-23)8-5-9-19(17)26-20/h2-9,12-13H,10-11H2,1H3. The summed E-state index contributed by atoms with van der Waals surface area (Å²) in [6.07, 6.45) is 1.41. The summed E-state index contributed by atoms with van der Waals surface area (Å²) in [7, 11) is 0. The number of ether oxygens (including phenoxy) is 1. The SMILES string of the molecule is Cc1oc(-c2ccccc2)nc1CCOc1cc2c(C=O)cccc2o1. The average molecular weight is 347 g/mol. The van der Waals surface area contributed by atoms with Gasteiger partial charge in [0, 0.05) is 29.0 Å². The van der Waals surface area contributed by atoms with Crippen molar-refractivity contribution < 1.29 is 18.4 Å². The van der Waals surface area contributed by atoms with Crippen LogP contribution >= 0.6 is 0 Å². The van der Waals surface area contributed by atoms with E-state index in [-0.39, 0.29) is 0 Å². The van der Waals surface area contributed by atoms with Gasteiger partial charge in [0.05, 0.1) is 12.3 Å². The smallest absolute Gasteiger partial charge is 0.285 e. The molecule has 0 spiro atoms. The molecule has 0 N–H and O–H groups in total. The van der Waals surface area contributed by atoms with Gasteiger partial charge in [-0.15, -0.1) is 0 Å². The first-order valence-corrected chi connectivity index (χ1v) is 8.37. The van der Waals surface area contributed by atoms with Gasteiger partial charge in [0.25, 0.3) is 5.95 Å². The molecule has 26 heavy (non-hydrogen) atoms. The number of hydrogen-bond donors (Lipinski definition) is 0. The van der Waals surface area contributed by atoms with E-state index in [0.29, 0.717) is 36.0 Å². The summed E-state index contributed by atoms with van der Waals surface area (Å²) in [5.41, 5.74) is 3.02. The van der Waals surface area contributed by atoms with Gasteiger partial charge in [-0.3, -0.25) is 4.79 Å². The quantitative estimate of drug-likeness (QED) is 0.467. The van der Waals surface area contributed by atoms with Crippen molar-refractivity contribution in [2.24, 2.45) is 0 Å². The van der Waals surface area contributed by atoms with Crippen molar-refractivity contribution in [1.29, 1.82) is 0 Å². The van der Waals surface area contributed by atoms with Gasteiger partial charge in [0.2, 0.25) is 5.89 Å². The van der Waals surface area contributed by atoms with Crippen molar-refractivity contribution >= 4 is 17.3 Å². The number of aryl methyl sites for hydroxylation is 1. The first kappa shape index (κ1) is 16.1. The molecule has 0 aliphatic carbocycles. The molecule has 2 heterocycles. The van der Waals surface area contributed by atoms with E-state index in [9.17, 15) is 4.79 Å². The largest absolute Gasteiger partial charge is 0.465 e. The lowest BCUT2D eigenvalue weighted by atomic mass is 10.1. The molecule has 4 rings (SSSR count). The second-order valence-corrected chi connectivity index (χ2v) is 5.93. The lowest BCUT2D eigenvalue weighted by Crippen LogP contribution is -2.02. The highest BCUT2D eigenvalue weighted by Crippen LogP contribution is 2.27. The molecule has 0 aliphatic heterocycles.